The third-order valence-electron chi connectivity index (χ3n) is 3.84. The van der Waals surface area contributed by atoms with Crippen molar-refractivity contribution in [3.05, 3.63) is 66.7 Å². The Morgan fingerprint density at radius 3 is 2.69 bits per heavy atom. The number of carbonyl (C=O) groups is 1. The van der Waals surface area contributed by atoms with Crippen molar-refractivity contribution in [1.29, 1.82) is 0 Å². The molecule has 0 saturated carbocycles. The smallest absolute Gasteiger partial charge is 0.243 e. The van der Waals surface area contributed by atoms with Crippen LogP contribution in [-0.4, -0.2) is 37.2 Å². The molecular formula is C18H16FN3O3S. The maximum atomic E-state index is 13.6. The number of amides is 1. The van der Waals surface area contributed by atoms with Crippen molar-refractivity contribution in [2.45, 2.75) is 4.90 Å². The van der Waals surface area contributed by atoms with Crippen LogP contribution in [0.25, 0.3) is 10.8 Å². The number of rotatable bonds is 5. The lowest BCUT2D eigenvalue weighted by molar-refractivity contribution is -0.116. The highest BCUT2D eigenvalue weighted by molar-refractivity contribution is 7.89. The molecule has 26 heavy (non-hydrogen) atoms. The van der Waals surface area contributed by atoms with E-state index in [-0.39, 0.29) is 10.6 Å². The van der Waals surface area contributed by atoms with Gasteiger partial charge in [-0.25, -0.2) is 12.8 Å². The molecule has 0 radical (unpaired) electrons. The standard InChI is InChI=1S/C18H16FN3O3S/c1-22(12-18(23)21-16-7-3-2-6-15(16)19)26(24,25)17-8-4-5-13-11-20-10-9-14(13)17/h2-11H,12H2,1H3,(H,21,23). The van der Waals surface area contributed by atoms with E-state index < -0.39 is 28.3 Å². The Labute approximate surface area is 150 Å². The molecule has 3 rings (SSSR count). The highest BCUT2D eigenvalue weighted by atomic mass is 32.2. The number of likely N-dealkylation sites (N-methyl/N-ethyl adjacent to an activating group) is 1. The fraction of sp³-hybridized carbons (Fsp3) is 0.111. The largest absolute Gasteiger partial charge is 0.322 e. The molecule has 0 fully saturated rings. The topological polar surface area (TPSA) is 79.4 Å². The van der Waals surface area contributed by atoms with Crippen LogP contribution in [-0.2, 0) is 14.8 Å². The normalized spacial score (nSPS) is 11.7. The third kappa shape index (κ3) is 3.56. The van der Waals surface area contributed by atoms with Crippen molar-refractivity contribution in [2.75, 3.05) is 18.9 Å². The number of nitrogens with one attached hydrogen (secondary N) is 1. The van der Waals surface area contributed by atoms with E-state index in [0.717, 1.165) is 4.31 Å². The van der Waals surface area contributed by atoms with Gasteiger partial charge in [-0.05, 0) is 24.3 Å². The van der Waals surface area contributed by atoms with Crippen LogP contribution in [0.1, 0.15) is 0 Å². The van der Waals surface area contributed by atoms with E-state index in [4.69, 9.17) is 0 Å². The minimum Gasteiger partial charge on any atom is -0.322 e. The van der Waals surface area contributed by atoms with Crippen LogP contribution >= 0.6 is 0 Å². The van der Waals surface area contributed by atoms with Crippen LogP contribution in [0.4, 0.5) is 10.1 Å². The number of pyridine rings is 1. The summed E-state index contributed by atoms with van der Waals surface area (Å²) in [4.78, 5) is 16.2. The Kier molecular flexibility index (Phi) is 4.97. The van der Waals surface area contributed by atoms with Crippen molar-refractivity contribution >= 4 is 32.4 Å². The second-order valence-electron chi connectivity index (χ2n) is 5.64. The fourth-order valence-electron chi connectivity index (χ4n) is 2.53. The number of aromatic nitrogens is 1. The first-order valence-corrected chi connectivity index (χ1v) is 9.17. The quantitative estimate of drug-likeness (QED) is 0.746. The zero-order valence-corrected chi connectivity index (χ0v) is 14.7. The zero-order valence-electron chi connectivity index (χ0n) is 13.9. The molecule has 134 valence electrons. The highest BCUT2D eigenvalue weighted by Gasteiger charge is 2.25. The van der Waals surface area contributed by atoms with Crippen molar-refractivity contribution in [3.8, 4) is 0 Å². The number of nitrogens with zero attached hydrogens (tertiary/aromatic N) is 2. The van der Waals surface area contributed by atoms with Gasteiger partial charge in [0, 0.05) is 30.2 Å². The van der Waals surface area contributed by atoms with Crippen LogP contribution < -0.4 is 5.32 Å². The van der Waals surface area contributed by atoms with Gasteiger partial charge in [0.25, 0.3) is 0 Å². The molecule has 0 spiro atoms. The summed E-state index contributed by atoms with van der Waals surface area (Å²) >= 11 is 0. The first kappa shape index (κ1) is 18.0. The lowest BCUT2D eigenvalue weighted by atomic mass is 10.2. The number of fused-ring (bicyclic) bond motifs is 1. The molecule has 3 aromatic rings. The molecule has 1 aromatic heterocycles. The van der Waals surface area contributed by atoms with Gasteiger partial charge < -0.3 is 5.32 Å². The first-order valence-electron chi connectivity index (χ1n) is 7.73. The number of hydrogen-bond donors (Lipinski definition) is 1. The zero-order chi connectivity index (χ0) is 18.7. The highest BCUT2D eigenvalue weighted by Crippen LogP contribution is 2.24. The summed E-state index contributed by atoms with van der Waals surface area (Å²) in [6.45, 7) is -0.446. The Hall–Kier alpha value is -2.84. The van der Waals surface area contributed by atoms with Gasteiger partial charge in [-0.1, -0.05) is 24.3 Å². The number of halogens is 1. The molecular weight excluding hydrogens is 357 g/mol. The SMILES string of the molecule is CN(CC(=O)Nc1ccccc1F)S(=O)(=O)c1cccc2cnccc12. The summed E-state index contributed by atoms with van der Waals surface area (Å²) in [5.74, 6) is -1.23. The van der Waals surface area contributed by atoms with E-state index in [2.05, 4.69) is 10.3 Å². The summed E-state index contributed by atoms with van der Waals surface area (Å²) in [7, 11) is -2.61. The van der Waals surface area contributed by atoms with Gasteiger partial charge in [0.15, 0.2) is 0 Å². The lowest BCUT2D eigenvalue weighted by Crippen LogP contribution is -2.35. The minimum atomic E-state index is -3.91. The van der Waals surface area contributed by atoms with Crippen LogP contribution in [0.2, 0.25) is 0 Å². The summed E-state index contributed by atoms with van der Waals surface area (Å²) < 4.78 is 40.2. The lowest BCUT2D eigenvalue weighted by Gasteiger charge is -2.18. The van der Waals surface area contributed by atoms with Gasteiger partial charge in [-0.2, -0.15) is 4.31 Å². The van der Waals surface area contributed by atoms with Crippen LogP contribution in [0.5, 0.6) is 0 Å². The molecule has 1 heterocycles. The van der Waals surface area contributed by atoms with Crippen LogP contribution in [0.15, 0.2) is 65.8 Å². The average molecular weight is 373 g/mol. The number of para-hydroxylation sites is 1. The van der Waals surface area contributed by atoms with Crippen LogP contribution in [0.3, 0.4) is 0 Å². The first-order chi connectivity index (χ1) is 12.4. The Morgan fingerprint density at radius 2 is 1.92 bits per heavy atom. The van der Waals surface area contributed by atoms with Crippen molar-refractivity contribution < 1.29 is 17.6 Å². The molecule has 6 nitrogen and oxygen atoms in total. The van der Waals surface area contributed by atoms with Gasteiger partial charge in [-0.15, -0.1) is 0 Å². The third-order valence-corrected chi connectivity index (χ3v) is 5.70. The Bertz CT molecular complexity index is 1060. The van der Waals surface area contributed by atoms with Crippen molar-refractivity contribution in [2.24, 2.45) is 0 Å². The second kappa shape index (κ2) is 7.19. The van der Waals surface area contributed by atoms with E-state index in [1.165, 1.54) is 37.5 Å². The summed E-state index contributed by atoms with van der Waals surface area (Å²) in [5, 5.41) is 3.57. The number of sulfonamides is 1. The van der Waals surface area contributed by atoms with E-state index >= 15 is 0 Å². The fourth-order valence-corrected chi connectivity index (χ4v) is 3.86. The average Bonchev–Trinajstić information content (AvgIpc) is 2.63. The van der Waals surface area contributed by atoms with Gasteiger partial charge in [-0.3, -0.25) is 9.78 Å². The number of carbonyl (C=O) groups excluding carboxylic acids is 1. The molecule has 0 saturated heterocycles. The Balaban J connectivity index is 1.83. The van der Waals surface area contributed by atoms with Crippen molar-refractivity contribution in [1.82, 2.24) is 9.29 Å². The monoisotopic (exact) mass is 373 g/mol. The molecule has 0 unspecified atom stereocenters. The van der Waals surface area contributed by atoms with Crippen molar-refractivity contribution in [3.63, 3.8) is 0 Å². The minimum absolute atomic E-state index is 0.000432. The van der Waals surface area contributed by atoms with Gasteiger partial charge in [0.05, 0.1) is 17.1 Å². The molecule has 1 amide bonds. The number of hydrogen-bond acceptors (Lipinski definition) is 4. The molecule has 0 aliphatic rings. The van der Waals surface area contributed by atoms with Gasteiger partial charge in [0.2, 0.25) is 15.9 Å². The maximum absolute atomic E-state index is 13.6. The van der Waals surface area contributed by atoms with E-state index in [1.54, 1.807) is 30.5 Å². The summed E-state index contributed by atoms with van der Waals surface area (Å²) in [6.07, 6.45) is 3.07. The van der Waals surface area contributed by atoms with Gasteiger partial charge in [0.1, 0.15) is 5.82 Å². The molecule has 1 N–H and O–H groups in total. The van der Waals surface area contributed by atoms with E-state index in [9.17, 15) is 17.6 Å². The molecule has 0 atom stereocenters. The summed E-state index contributed by atoms with van der Waals surface area (Å²) in [5.41, 5.74) is -0.000432. The molecule has 2 aromatic carbocycles. The van der Waals surface area contributed by atoms with E-state index in [1.807, 2.05) is 0 Å². The van der Waals surface area contributed by atoms with E-state index in [0.29, 0.717) is 10.8 Å². The maximum Gasteiger partial charge on any atom is 0.243 e. The molecule has 0 bridgehead atoms. The number of benzene rings is 2. The predicted molar refractivity (Wildman–Crippen MR) is 96.6 cm³/mol. The predicted octanol–water partition coefficient (Wildman–Crippen LogP) is 2.63. The molecule has 0 aliphatic carbocycles. The van der Waals surface area contributed by atoms with Gasteiger partial charge >= 0.3 is 0 Å². The molecule has 0 aliphatic heterocycles. The number of anilines is 1. The summed E-state index contributed by atoms with van der Waals surface area (Å²) in [6, 6.07) is 12.1. The Morgan fingerprint density at radius 1 is 1.15 bits per heavy atom. The second-order valence-corrected chi connectivity index (χ2v) is 7.66. The molecule has 8 heteroatoms. The van der Waals surface area contributed by atoms with Crippen LogP contribution in [0, 0.1) is 5.82 Å².